The van der Waals surface area contributed by atoms with Crippen molar-refractivity contribution in [2.45, 2.75) is 6.92 Å². The van der Waals surface area contributed by atoms with E-state index < -0.39 is 0 Å². The molecule has 0 radical (unpaired) electrons. The van der Waals surface area contributed by atoms with Crippen LogP contribution in [0.1, 0.15) is 5.56 Å². The summed E-state index contributed by atoms with van der Waals surface area (Å²) in [4.78, 5) is 0. The van der Waals surface area contributed by atoms with Crippen LogP contribution in [-0.4, -0.2) is 0 Å². The van der Waals surface area contributed by atoms with Crippen LogP contribution in [0.2, 0.25) is 0 Å². The first-order valence-corrected chi connectivity index (χ1v) is 7.89. The Balaban J connectivity index is 0.000000136. The lowest BCUT2D eigenvalue weighted by Gasteiger charge is -1.98. The van der Waals surface area contributed by atoms with Crippen LogP contribution in [0.5, 0.6) is 0 Å². The minimum Gasteiger partial charge on any atom is -0.0622 e. The van der Waals surface area contributed by atoms with Gasteiger partial charge in [0, 0.05) is 0 Å². The van der Waals surface area contributed by atoms with E-state index in [1.54, 1.807) is 0 Å². The Kier molecular flexibility index (Phi) is 4.85. The van der Waals surface area contributed by atoms with Crippen molar-refractivity contribution in [1.29, 1.82) is 0 Å². The quantitative estimate of drug-likeness (QED) is 0.376. The summed E-state index contributed by atoms with van der Waals surface area (Å²) < 4.78 is 0. The standard InChI is InChI=1S/C12H10.C11H10/c1-3-7-11(8-4-1)12-9-5-2-6-10-12;1-9-6-7-10-4-2-3-5-11(10)8-9/h1-10H;2-8H,1H3. The van der Waals surface area contributed by atoms with Gasteiger partial charge in [-0.1, -0.05) is 109 Å². The smallest absolute Gasteiger partial charge is 0.0181 e. The summed E-state index contributed by atoms with van der Waals surface area (Å²) in [6.07, 6.45) is 0. The third kappa shape index (κ3) is 4.08. The molecule has 4 aromatic rings. The van der Waals surface area contributed by atoms with Gasteiger partial charge in [-0.3, -0.25) is 0 Å². The van der Waals surface area contributed by atoms with Crippen LogP contribution in [0, 0.1) is 6.92 Å². The molecule has 0 N–H and O–H groups in total. The largest absolute Gasteiger partial charge is 0.0622 e. The van der Waals surface area contributed by atoms with Gasteiger partial charge in [0.1, 0.15) is 0 Å². The molecule has 0 heteroatoms. The molecule has 0 nitrogen and oxygen atoms in total. The van der Waals surface area contributed by atoms with E-state index >= 15 is 0 Å². The molecule has 0 aliphatic rings. The minimum atomic E-state index is 1.28. The van der Waals surface area contributed by atoms with E-state index in [2.05, 4.69) is 97.9 Å². The Hall–Kier alpha value is -2.86. The van der Waals surface area contributed by atoms with Gasteiger partial charge in [0.05, 0.1) is 0 Å². The lowest BCUT2D eigenvalue weighted by molar-refractivity contribution is 1.51. The zero-order valence-corrected chi connectivity index (χ0v) is 13.3. The van der Waals surface area contributed by atoms with Crippen molar-refractivity contribution in [3.05, 3.63) is 109 Å². The molecule has 0 aromatic heterocycles. The zero-order chi connectivity index (χ0) is 15.9. The maximum Gasteiger partial charge on any atom is -0.0181 e. The third-order valence-electron chi connectivity index (χ3n) is 3.79. The van der Waals surface area contributed by atoms with E-state index in [0.29, 0.717) is 0 Å². The molecule has 0 aliphatic heterocycles. The fourth-order valence-electron chi connectivity index (χ4n) is 2.57. The highest BCUT2D eigenvalue weighted by Gasteiger charge is 1.92. The maximum atomic E-state index is 2.20. The zero-order valence-electron chi connectivity index (χ0n) is 13.3. The van der Waals surface area contributed by atoms with Gasteiger partial charge < -0.3 is 0 Å². The Morgan fingerprint density at radius 2 is 0.913 bits per heavy atom. The second-order valence-electron chi connectivity index (χ2n) is 5.58. The number of aryl methyl sites for hydroxylation is 1. The van der Waals surface area contributed by atoms with E-state index in [0.717, 1.165) is 0 Å². The lowest BCUT2D eigenvalue weighted by atomic mass is 10.1. The Labute approximate surface area is 138 Å². The first kappa shape index (κ1) is 15.1. The van der Waals surface area contributed by atoms with Crippen molar-refractivity contribution < 1.29 is 0 Å². The number of rotatable bonds is 1. The maximum absolute atomic E-state index is 2.20. The van der Waals surface area contributed by atoms with Gasteiger partial charge in [-0.25, -0.2) is 0 Å². The van der Waals surface area contributed by atoms with Gasteiger partial charge in [-0.2, -0.15) is 0 Å². The molecule has 0 aliphatic carbocycles. The number of benzene rings is 4. The predicted octanol–water partition coefficient (Wildman–Crippen LogP) is 6.50. The summed E-state index contributed by atoms with van der Waals surface area (Å²) in [6.45, 7) is 2.12. The first-order chi connectivity index (χ1) is 11.3. The predicted molar refractivity (Wildman–Crippen MR) is 101 cm³/mol. The highest BCUT2D eigenvalue weighted by Crippen LogP contribution is 2.17. The van der Waals surface area contributed by atoms with Crippen molar-refractivity contribution in [3.8, 4) is 11.1 Å². The average Bonchev–Trinajstić information content (AvgIpc) is 2.64. The van der Waals surface area contributed by atoms with Crippen molar-refractivity contribution in [3.63, 3.8) is 0 Å². The third-order valence-corrected chi connectivity index (χ3v) is 3.79. The fourth-order valence-corrected chi connectivity index (χ4v) is 2.57. The van der Waals surface area contributed by atoms with E-state index in [1.165, 1.54) is 27.5 Å². The van der Waals surface area contributed by atoms with Crippen molar-refractivity contribution >= 4 is 10.8 Å². The Bertz CT molecular complexity index is 824. The van der Waals surface area contributed by atoms with E-state index in [-0.39, 0.29) is 0 Å². The average molecular weight is 296 g/mol. The SMILES string of the molecule is Cc1ccc2ccccc2c1.c1ccc(-c2ccccc2)cc1. The molecule has 0 fully saturated rings. The molecule has 0 atom stereocenters. The van der Waals surface area contributed by atoms with Gasteiger partial charge in [-0.15, -0.1) is 0 Å². The molecule has 112 valence electrons. The summed E-state index contributed by atoms with van der Waals surface area (Å²) in [5.74, 6) is 0. The summed E-state index contributed by atoms with van der Waals surface area (Å²) in [5.41, 5.74) is 3.87. The molecule has 0 saturated heterocycles. The molecule has 0 unspecified atom stereocenters. The summed E-state index contributed by atoms with van der Waals surface area (Å²) in [6, 6.07) is 35.7. The molecule has 0 amide bonds. The van der Waals surface area contributed by atoms with Crippen LogP contribution in [0.25, 0.3) is 21.9 Å². The van der Waals surface area contributed by atoms with Crippen LogP contribution in [0.4, 0.5) is 0 Å². The Morgan fingerprint density at radius 3 is 1.48 bits per heavy atom. The normalized spacial score (nSPS) is 9.96. The minimum absolute atomic E-state index is 1.28. The van der Waals surface area contributed by atoms with Gasteiger partial charge >= 0.3 is 0 Å². The van der Waals surface area contributed by atoms with E-state index in [4.69, 9.17) is 0 Å². The van der Waals surface area contributed by atoms with E-state index in [1.807, 2.05) is 12.1 Å². The molecule has 0 spiro atoms. The molecule has 4 rings (SSSR count). The van der Waals surface area contributed by atoms with Crippen molar-refractivity contribution in [2.75, 3.05) is 0 Å². The lowest BCUT2D eigenvalue weighted by Crippen LogP contribution is -1.73. The van der Waals surface area contributed by atoms with Gasteiger partial charge in [0.2, 0.25) is 0 Å². The van der Waals surface area contributed by atoms with Gasteiger partial charge in [-0.05, 0) is 28.8 Å². The monoisotopic (exact) mass is 296 g/mol. The fraction of sp³-hybridized carbons (Fsp3) is 0.0435. The summed E-state index contributed by atoms with van der Waals surface area (Å²) in [7, 11) is 0. The van der Waals surface area contributed by atoms with Crippen LogP contribution >= 0.6 is 0 Å². The highest BCUT2D eigenvalue weighted by atomic mass is 14.0. The van der Waals surface area contributed by atoms with Crippen molar-refractivity contribution in [2.24, 2.45) is 0 Å². The summed E-state index contributed by atoms with van der Waals surface area (Å²) >= 11 is 0. The van der Waals surface area contributed by atoms with Crippen molar-refractivity contribution in [1.82, 2.24) is 0 Å². The first-order valence-electron chi connectivity index (χ1n) is 7.89. The molecule has 0 saturated carbocycles. The molecule has 23 heavy (non-hydrogen) atoms. The van der Waals surface area contributed by atoms with Crippen LogP contribution in [-0.2, 0) is 0 Å². The van der Waals surface area contributed by atoms with Gasteiger partial charge in [0.15, 0.2) is 0 Å². The van der Waals surface area contributed by atoms with E-state index in [9.17, 15) is 0 Å². The topological polar surface area (TPSA) is 0 Å². The van der Waals surface area contributed by atoms with Crippen LogP contribution < -0.4 is 0 Å². The molecule has 4 aromatic carbocycles. The summed E-state index contributed by atoms with van der Waals surface area (Å²) in [5, 5.41) is 2.64. The van der Waals surface area contributed by atoms with Crippen LogP contribution in [0.3, 0.4) is 0 Å². The molecule has 0 heterocycles. The van der Waals surface area contributed by atoms with Crippen LogP contribution in [0.15, 0.2) is 103 Å². The molecular formula is C23H20. The number of hydrogen-bond donors (Lipinski definition) is 0. The van der Waals surface area contributed by atoms with Gasteiger partial charge in [0.25, 0.3) is 0 Å². The number of hydrogen-bond acceptors (Lipinski definition) is 0. The second kappa shape index (κ2) is 7.42. The second-order valence-corrected chi connectivity index (χ2v) is 5.58. The number of fused-ring (bicyclic) bond motifs is 1. The molecule has 0 bridgehead atoms. The molecular weight excluding hydrogens is 276 g/mol. The highest BCUT2D eigenvalue weighted by molar-refractivity contribution is 5.82. The Morgan fingerprint density at radius 1 is 0.435 bits per heavy atom.